The first-order chi connectivity index (χ1) is 16.2. The number of nitrogen functional groups attached to an aromatic ring is 1. The Labute approximate surface area is 189 Å². The number of carbonyl (C=O) groups excluding carboxylic acids is 1. The molecule has 2 aliphatic rings. The Morgan fingerprint density at radius 2 is 2.06 bits per heavy atom. The van der Waals surface area contributed by atoms with Crippen LogP contribution in [0.4, 0.5) is 5.82 Å². The van der Waals surface area contributed by atoms with E-state index in [4.69, 9.17) is 15.4 Å². The molecule has 0 spiro atoms. The van der Waals surface area contributed by atoms with Crippen LogP contribution in [-0.4, -0.2) is 42.3 Å². The Hall–Kier alpha value is -3.82. The average Bonchev–Trinajstić information content (AvgIpc) is 3.43. The van der Waals surface area contributed by atoms with Crippen LogP contribution in [0.2, 0.25) is 0 Å². The van der Waals surface area contributed by atoms with Crippen LogP contribution < -0.4 is 11.1 Å². The number of nitrogens with two attached hydrogens (primary N) is 1. The minimum absolute atomic E-state index is 0.0190. The summed E-state index contributed by atoms with van der Waals surface area (Å²) in [4.78, 5) is 25.5. The van der Waals surface area contributed by atoms with Gasteiger partial charge in [-0.1, -0.05) is 11.2 Å². The SMILES string of the molecule is CCNC(=O)C1CC(n2nc(-c3noc(C4CC4)c3-c3ccccn3)c3c(N)ncnc32)C1. The number of rotatable bonds is 6. The quantitative estimate of drug-likeness (QED) is 0.463. The molecule has 33 heavy (non-hydrogen) atoms. The van der Waals surface area contributed by atoms with Crippen molar-refractivity contribution in [2.75, 3.05) is 12.3 Å². The largest absolute Gasteiger partial charge is 0.383 e. The van der Waals surface area contributed by atoms with Crippen molar-refractivity contribution in [1.82, 2.24) is 35.2 Å². The third-order valence-electron chi connectivity index (χ3n) is 6.51. The van der Waals surface area contributed by atoms with Crippen LogP contribution in [0.25, 0.3) is 33.7 Å². The third kappa shape index (κ3) is 3.24. The summed E-state index contributed by atoms with van der Waals surface area (Å²) in [5.74, 6) is 1.58. The maximum Gasteiger partial charge on any atom is 0.223 e. The van der Waals surface area contributed by atoms with Gasteiger partial charge in [0.25, 0.3) is 0 Å². The number of fused-ring (bicyclic) bond motifs is 1. The van der Waals surface area contributed by atoms with Gasteiger partial charge in [-0.05, 0) is 44.7 Å². The first-order valence-corrected chi connectivity index (χ1v) is 11.3. The van der Waals surface area contributed by atoms with Gasteiger partial charge in [-0.2, -0.15) is 5.10 Å². The van der Waals surface area contributed by atoms with E-state index in [1.54, 1.807) is 6.20 Å². The second kappa shape index (κ2) is 7.65. The molecule has 2 aliphatic carbocycles. The van der Waals surface area contributed by atoms with E-state index in [0.29, 0.717) is 53.5 Å². The van der Waals surface area contributed by atoms with Gasteiger partial charge >= 0.3 is 0 Å². The molecule has 0 atom stereocenters. The highest BCUT2D eigenvalue weighted by molar-refractivity contribution is 6.00. The molecular formula is C23H24N8O2. The Morgan fingerprint density at radius 1 is 1.21 bits per heavy atom. The summed E-state index contributed by atoms with van der Waals surface area (Å²) in [5.41, 5.74) is 9.76. The predicted molar refractivity (Wildman–Crippen MR) is 121 cm³/mol. The van der Waals surface area contributed by atoms with Gasteiger partial charge < -0.3 is 15.6 Å². The van der Waals surface area contributed by atoms with Crippen molar-refractivity contribution in [1.29, 1.82) is 0 Å². The highest BCUT2D eigenvalue weighted by Gasteiger charge is 2.39. The lowest BCUT2D eigenvalue weighted by Gasteiger charge is -2.34. The summed E-state index contributed by atoms with van der Waals surface area (Å²) in [6.07, 6.45) is 6.73. The zero-order valence-electron chi connectivity index (χ0n) is 18.2. The molecule has 1 amide bonds. The smallest absolute Gasteiger partial charge is 0.223 e. The van der Waals surface area contributed by atoms with Crippen LogP contribution in [0.5, 0.6) is 0 Å². The van der Waals surface area contributed by atoms with Crippen LogP contribution in [-0.2, 0) is 4.79 Å². The van der Waals surface area contributed by atoms with Gasteiger partial charge in [0.1, 0.15) is 29.3 Å². The van der Waals surface area contributed by atoms with E-state index in [0.717, 1.165) is 29.9 Å². The lowest BCUT2D eigenvalue weighted by Crippen LogP contribution is -2.39. The van der Waals surface area contributed by atoms with Crippen LogP contribution >= 0.6 is 0 Å². The Balaban J connectivity index is 1.47. The number of nitrogens with one attached hydrogen (secondary N) is 1. The van der Waals surface area contributed by atoms with E-state index < -0.39 is 0 Å². The van der Waals surface area contributed by atoms with Gasteiger partial charge in [0.2, 0.25) is 5.91 Å². The van der Waals surface area contributed by atoms with Crippen molar-refractivity contribution in [3.05, 3.63) is 36.5 Å². The fourth-order valence-corrected chi connectivity index (χ4v) is 4.58. The van der Waals surface area contributed by atoms with Crippen LogP contribution in [0, 0.1) is 5.92 Å². The van der Waals surface area contributed by atoms with E-state index in [-0.39, 0.29) is 17.9 Å². The lowest BCUT2D eigenvalue weighted by atomic mass is 9.79. The first-order valence-electron chi connectivity index (χ1n) is 11.3. The normalized spacial score (nSPS) is 20.0. The van der Waals surface area contributed by atoms with Crippen molar-refractivity contribution >= 4 is 22.8 Å². The molecule has 10 heteroatoms. The molecule has 0 saturated heterocycles. The van der Waals surface area contributed by atoms with E-state index in [9.17, 15) is 4.79 Å². The maximum absolute atomic E-state index is 12.2. The summed E-state index contributed by atoms with van der Waals surface area (Å²) in [5, 5.41) is 12.9. The van der Waals surface area contributed by atoms with E-state index >= 15 is 0 Å². The number of hydrogen-bond donors (Lipinski definition) is 2. The Morgan fingerprint density at radius 3 is 2.79 bits per heavy atom. The molecule has 0 radical (unpaired) electrons. The van der Waals surface area contributed by atoms with Gasteiger partial charge in [0.15, 0.2) is 5.65 Å². The van der Waals surface area contributed by atoms with Crippen LogP contribution in [0.3, 0.4) is 0 Å². The fraction of sp³-hybridized carbons (Fsp3) is 0.391. The first kappa shape index (κ1) is 19.8. The number of nitrogens with zero attached hydrogens (tertiary/aromatic N) is 6. The summed E-state index contributed by atoms with van der Waals surface area (Å²) >= 11 is 0. The standard InChI is InChI=1S/C23H24N8O2/c1-2-25-23(32)13-9-14(10-13)31-22-17(21(24)27-11-28-22)18(29-31)19-16(15-5-3-4-8-26-15)20(33-30-19)12-6-7-12/h3-5,8,11-14H,2,6-7,9-10H2,1H3,(H,25,32)(H2,24,27,28). The molecule has 4 aromatic heterocycles. The topological polar surface area (TPSA) is 138 Å². The second-order valence-corrected chi connectivity index (χ2v) is 8.73. The third-order valence-corrected chi connectivity index (χ3v) is 6.51. The van der Waals surface area contributed by atoms with E-state index in [2.05, 4.69) is 25.4 Å². The molecule has 0 aromatic carbocycles. The molecule has 10 nitrogen and oxygen atoms in total. The Kier molecular flexibility index (Phi) is 4.60. The van der Waals surface area contributed by atoms with Gasteiger partial charge in [0.05, 0.1) is 22.7 Å². The maximum atomic E-state index is 12.2. The summed E-state index contributed by atoms with van der Waals surface area (Å²) in [6.45, 7) is 2.55. The van der Waals surface area contributed by atoms with E-state index in [1.807, 2.05) is 29.8 Å². The zero-order chi connectivity index (χ0) is 22.5. The van der Waals surface area contributed by atoms with E-state index in [1.165, 1.54) is 6.33 Å². The molecule has 0 aliphatic heterocycles. The second-order valence-electron chi connectivity index (χ2n) is 8.73. The van der Waals surface area contributed by atoms with Crippen molar-refractivity contribution in [2.45, 2.75) is 44.6 Å². The predicted octanol–water partition coefficient (Wildman–Crippen LogP) is 3.09. The van der Waals surface area contributed by atoms with Gasteiger partial charge in [0, 0.05) is 24.6 Å². The molecule has 0 bridgehead atoms. The number of pyridine rings is 1. The van der Waals surface area contributed by atoms with Crippen LogP contribution in [0.15, 0.2) is 35.2 Å². The number of hydrogen-bond acceptors (Lipinski definition) is 8. The van der Waals surface area contributed by atoms with Crippen LogP contribution in [0.1, 0.15) is 50.3 Å². The summed E-state index contributed by atoms with van der Waals surface area (Å²) in [7, 11) is 0. The van der Waals surface area contributed by atoms with Crippen molar-refractivity contribution < 1.29 is 9.32 Å². The monoisotopic (exact) mass is 444 g/mol. The molecule has 168 valence electrons. The highest BCUT2D eigenvalue weighted by atomic mass is 16.5. The minimum atomic E-state index is -0.0190. The van der Waals surface area contributed by atoms with Crippen molar-refractivity contribution in [3.8, 4) is 22.6 Å². The molecule has 2 fully saturated rings. The summed E-state index contributed by atoms with van der Waals surface area (Å²) < 4.78 is 7.70. The van der Waals surface area contributed by atoms with Gasteiger partial charge in [-0.15, -0.1) is 0 Å². The Bertz CT molecular complexity index is 1340. The number of anilines is 1. The lowest BCUT2D eigenvalue weighted by molar-refractivity contribution is -0.128. The molecule has 4 aromatic rings. The van der Waals surface area contributed by atoms with Gasteiger partial charge in [-0.3, -0.25) is 9.78 Å². The molecule has 6 rings (SSSR count). The highest BCUT2D eigenvalue weighted by Crippen LogP contribution is 2.48. The average molecular weight is 444 g/mol. The molecule has 3 N–H and O–H groups in total. The molecule has 2 saturated carbocycles. The molecule has 4 heterocycles. The number of carbonyl (C=O) groups is 1. The minimum Gasteiger partial charge on any atom is -0.383 e. The molecular weight excluding hydrogens is 420 g/mol. The number of amides is 1. The molecule has 0 unspecified atom stereocenters. The number of aromatic nitrogens is 6. The fourth-order valence-electron chi connectivity index (χ4n) is 4.58. The van der Waals surface area contributed by atoms with Crippen molar-refractivity contribution in [2.24, 2.45) is 5.92 Å². The summed E-state index contributed by atoms with van der Waals surface area (Å²) in [6, 6.07) is 5.82. The van der Waals surface area contributed by atoms with Gasteiger partial charge in [-0.25, -0.2) is 14.6 Å². The van der Waals surface area contributed by atoms with Crippen molar-refractivity contribution in [3.63, 3.8) is 0 Å². The zero-order valence-corrected chi connectivity index (χ0v) is 18.2.